The first-order chi connectivity index (χ1) is 12.4. The van der Waals surface area contributed by atoms with Gasteiger partial charge in [0.05, 0.1) is 28.0 Å². The van der Waals surface area contributed by atoms with Crippen molar-refractivity contribution in [3.05, 3.63) is 63.0 Å². The van der Waals surface area contributed by atoms with Crippen molar-refractivity contribution in [3.8, 4) is 11.9 Å². The summed E-state index contributed by atoms with van der Waals surface area (Å²) < 4.78 is 1.80. The lowest BCUT2D eigenvalue weighted by molar-refractivity contribution is 0.101. The predicted octanol–water partition coefficient (Wildman–Crippen LogP) is 3.70. The van der Waals surface area contributed by atoms with Crippen LogP contribution in [-0.2, 0) is 0 Å². The molecule has 0 aliphatic rings. The largest absolute Gasteiger partial charge is 0.397 e. The highest BCUT2D eigenvalue weighted by Crippen LogP contribution is 2.27. The average Bonchev–Trinajstić information content (AvgIpc) is 2.99. The Morgan fingerprint density at radius 1 is 1.42 bits per heavy atom. The van der Waals surface area contributed by atoms with E-state index in [1.54, 1.807) is 37.4 Å². The molecule has 0 spiro atoms. The number of nitrogen functional groups attached to an aromatic ring is 1. The first-order valence-electron chi connectivity index (χ1n) is 7.38. The number of carbonyl (C=O) groups is 1. The average molecular weight is 432 g/mol. The molecule has 0 atom stereocenters. The van der Waals surface area contributed by atoms with E-state index in [9.17, 15) is 4.79 Å². The molecule has 26 heavy (non-hydrogen) atoms. The molecule has 0 aliphatic heterocycles. The SMILES string of the molecule is Cc1cc(C#N)cc(N)c1NC(=O)c1cc(Br)nn1-c1ncccc1Cl. The maximum Gasteiger partial charge on any atom is 0.274 e. The van der Waals surface area contributed by atoms with Gasteiger partial charge in [0.15, 0.2) is 5.82 Å². The van der Waals surface area contributed by atoms with Crippen LogP contribution in [0.2, 0.25) is 5.02 Å². The first kappa shape index (κ1) is 17.9. The van der Waals surface area contributed by atoms with Gasteiger partial charge in [-0.05, 0) is 52.7 Å². The maximum atomic E-state index is 12.8. The van der Waals surface area contributed by atoms with E-state index < -0.39 is 5.91 Å². The second-order valence-electron chi connectivity index (χ2n) is 5.40. The van der Waals surface area contributed by atoms with Gasteiger partial charge in [0.25, 0.3) is 5.91 Å². The number of benzene rings is 1. The number of anilines is 2. The van der Waals surface area contributed by atoms with Crippen LogP contribution in [0.15, 0.2) is 41.1 Å². The van der Waals surface area contributed by atoms with E-state index in [2.05, 4.69) is 31.3 Å². The van der Waals surface area contributed by atoms with Gasteiger partial charge >= 0.3 is 0 Å². The van der Waals surface area contributed by atoms with E-state index in [0.717, 1.165) is 0 Å². The zero-order chi connectivity index (χ0) is 18.8. The van der Waals surface area contributed by atoms with Crippen molar-refractivity contribution in [2.45, 2.75) is 6.92 Å². The summed E-state index contributed by atoms with van der Waals surface area (Å²) in [5.41, 5.74) is 8.03. The number of nitrogens with zero attached hydrogens (tertiary/aromatic N) is 4. The summed E-state index contributed by atoms with van der Waals surface area (Å²) in [7, 11) is 0. The fraction of sp³-hybridized carbons (Fsp3) is 0.0588. The first-order valence-corrected chi connectivity index (χ1v) is 8.56. The molecule has 1 amide bonds. The number of aromatic nitrogens is 3. The van der Waals surface area contributed by atoms with E-state index in [1.165, 1.54) is 10.7 Å². The van der Waals surface area contributed by atoms with Crippen LogP contribution in [0.3, 0.4) is 0 Å². The highest BCUT2D eigenvalue weighted by Gasteiger charge is 2.20. The minimum atomic E-state index is -0.440. The van der Waals surface area contributed by atoms with Crippen LogP contribution in [-0.4, -0.2) is 20.7 Å². The summed E-state index contributed by atoms with van der Waals surface area (Å²) in [6, 6.07) is 10.1. The van der Waals surface area contributed by atoms with Crippen molar-refractivity contribution in [3.63, 3.8) is 0 Å². The number of nitriles is 1. The number of amides is 1. The number of hydrogen-bond donors (Lipinski definition) is 2. The van der Waals surface area contributed by atoms with Gasteiger partial charge in [0.2, 0.25) is 0 Å². The van der Waals surface area contributed by atoms with E-state index in [-0.39, 0.29) is 5.69 Å². The minimum absolute atomic E-state index is 0.223. The van der Waals surface area contributed by atoms with Gasteiger partial charge in [-0.3, -0.25) is 4.79 Å². The summed E-state index contributed by atoms with van der Waals surface area (Å²) in [5.74, 6) is -0.112. The summed E-state index contributed by atoms with van der Waals surface area (Å²) in [6.45, 7) is 1.76. The molecule has 3 aromatic rings. The molecule has 2 heterocycles. The number of nitrogens with two attached hydrogens (primary N) is 1. The molecule has 0 fully saturated rings. The minimum Gasteiger partial charge on any atom is -0.397 e. The van der Waals surface area contributed by atoms with Crippen LogP contribution in [0, 0.1) is 18.3 Å². The predicted molar refractivity (Wildman–Crippen MR) is 102 cm³/mol. The maximum absolute atomic E-state index is 12.8. The molecular formula is C17H12BrClN6O. The Bertz CT molecular complexity index is 1030. The Morgan fingerprint density at radius 3 is 2.85 bits per heavy atom. The molecule has 3 rings (SSSR count). The number of halogens is 2. The van der Waals surface area contributed by atoms with Crippen LogP contribution >= 0.6 is 27.5 Å². The molecule has 0 bridgehead atoms. The van der Waals surface area contributed by atoms with E-state index >= 15 is 0 Å². The molecule has 0 radical (unpaired) electrons. The quantitative estimate of drug-likeness (QED) is 0.615. The molecule has 0 saturated heterocycles. The summed E-state index contributed by atoms with van der Waals surface area (Å²) >= 11 is 9.43. The molecule has 0 aliphatic carbocycles. The second-order valence-corrected chi connectivity index (χ2v) is 6.62. The summed E-state index contributed by atoms with van der Waals surface area (Å²) in [5, 5.41) is 16.3. The third kappa shape index (κ3) is 3.40. The van der Waals surface area contributed by atoms with Gasteiger partial charge < -0.3 is 11.1 Å². The number of pyridine rings is 1. The molecule has 130 valence electrons. The Morgan fingerprint density at radius 2 is 2.19 bits per heavy atom. The molecular weight excluding hydrogens is 420 g/mol. The zero-order valence-electron chi connectivity index (χ0n) is 13.5. The lowest BCUT2D eigenvalue weighted by Gasteiger charge is -2.13. The smallest absolute Gasteiger partial charge is 0.274 e. The van der Waals surface area contributed by atoms with Crippen molar-refractivity contribution in [2.24, 2.45) is 0 Å². The van der Waals surface area contributed by atoms with Crippen molar-refractivity contribution in [1.82, 2.24) is 14.8 Å². The molecule has 0 unspecified atom stereocenters. The Hall–Kier alpha value is -2.89. The van der Waals surface area contributed by atoms with Crippen molar-refractivity contribution in [1.29, 1.82) is 5.26 Å². The fourth-order valence-corrected chi connectivity index (χ4v) is 3.01. The summed E-state index contributed by atoms with van der Waals surface area (Å²) in [6.07, 6.45) is 1.56. The van der Waals surface area contributed by atoms with E-state index in [0.29, 0.717) is 37.9 Å². The van der Waals surface area contributed by atoms with Crippen molar-refractivity contribution >= 4 is 44.8 Å². The molecule has 3 N–H and O–H groups in total. The number of aryl methyl sites for hydroxylation is 1. The monoisotopic (exact) mass is 430 g/mol. The Balaban J connectivity index is 2.01. The van der Waals surface area contributed by atoms with Crippen LogP contribution in [0.25, 0.3) is 5.82 Å². The summed E-state index contributed by atoms with van der Waals surface area (Å²) in [4.78, 5) is 17.0. The topological polar surface area (TPSA) is 110 Å². The lowest BCUT2D eigenvalue weighted by Crippen LogP contribution is -2.19. The number of carbonyl (C=O) groups excluding carboxylic acids is 1. The Kier molecular flexibility index (Phi) is 4.93. The van der Waals surface area contributed by atoms with Crippen LogP contribution < -0.4 is 11.1 Å². The Labute approximate surface area is 162 Å². The van der Waals surface area contributed by atoms with E-state index in [4.69, 9.17) is 22.6 Å². The normalized spacial score (nSPS) is 10.4. The number of hydrogen-bond acceptors (Lipinski definition) is 5. The number of rotatable bonds is 3. The third-order valence-electron chi connectivity index (χ3n) is 3.59. The van der Waals surface area contributed by atoms with Gasteiger partial charge in [0, 0.05) is 12.3 Å². The highest BCUT2D eigenvalue weighted by atomic mass is 79.9. The van der Waals surface area contributed by atoms with Gasteiger partial charge in [-0.15, -0.1) is 0 Å². The van der Waals surface area contributed by atoms with Gasteiger partial charge in [-0.25, -0.2) is 9.67 Å². The second kappa shape index (κ2) is 7.15. The zero-order valence-corrected chi connectivity index (χ0v) is 15.8. The number of nitrogens with one attached hydrogen (secondary N) is 1. The molecule has 9 heteroatoms. The third-order valence-corrected chi connectivity index (χ3v) is 4.27. The van der Waals surface area contributed by atoms with E-state index in [1.807, 2.05) is 6.07 Å². The van der Waals surface area contributed by atoms with Crippen LogP contribution in [0.4, 0.5) is 11.4 Å². The molecule has 1 aromatic carbocycles. The fourth-order valence-electron chi connectivity index (χ4n) is 2.44. The molecule has 7 nitrogen and oxygen atoms in total. The highest BCUT2D eigenvalue weighted by molar-refractivity contribution is 9.10. The molecule has 0 saturated carbocycles. The van der Waals surface area contributed by atoms with Gasteiger partial charge in [-0.1, -0.05) is 11.6 Å². The lowest BCUT2D eigenvalue weighted by atomic mass is 10.1. The molecule has 2 aromatic heterocycles. The van der Waals surface area contributed by atoms with Crippen molar-refractivity contribution < 1.29 is 4.79 Å². The van der Waals surface area contributed by atoms with Crippen LogP contribution in [0.1, 0.15) is 21.6 Å². The van der Waals surface area contributed by atoms with Crippen molar-refractivity contribution in [2.75, 3.05) is 11.1 Å². The van der Waals surface area contributed by atoms with Crippen LogP contribution in [0.5, 0.6) is 0 Å². The van der Waals surface area contributed by atoms with Gasteiger partial charge in [-0.2, -0.15) is 10.4 Å². The standard InChI is InChI=1S/C17H12BrClN6O/c1-9-5-10(8-20)6-12(21)15(9)23-17(26)13-7-14(18)24-25(13)16-11(19)3-2-4-22-16/h2-7H,21H2,1H3,(H,23,26). The van der Waals surface area contributed by atoms with Gasteiger partial charge in [0.1, 0.15) is 10.3 Å².